The quantitative estimate of drug-likeness (QED) is 0.0490. The molecule has 1 heterocycles. The molecule has 0 spiro atoms. The maximum atomic E-state index is 2.29. The molecule has 1 aromatic heterocycles. The molecular formula is C45H58BN. The van der Waals surface area contributed by atoms with Crippen LogP contribution in [-0.4, -0.2) is 6.15 Å². The number of benzene rings is 4. The van der Waals surface area contributed by atoms with Gasteiger partial charge >= 0.3 is 0 Å². The summed E-state index contributed by atoms with van der Waals surface area (Å²) in [6.45, 7) is 3.47. The van der Waals surface area contributed by atoms with Gasteiger partial charge in [0.05, 0.1) is 0 Å². The minimum absolute atomic E-state index is 1.18. The second kappa shape index (κ2) is 21.8. The average Bonchev–Trinajstić information content (AvgIpc) is 3.15. The highest BCUT2D eigenvalue weighted by molar-refractivity contribution is 7.19. The summed E-state index contributed by atoms with van der Waals surface area (Å²) in [6, 6.07) is 49.8. The van der Waals surface area contributed by atoms with Crippen LogP contribution < -0.4 is 26.4 Å². The molecule has 0 saturated carbocycles. The first-order valence-corrected chi connectivity index (χ1v) is 18.7. The van der Waals surface area contributed by atoms with Crippen LogP contribution in [0.5, 0.6) is 0 Å². The molecule has 0 atom stereocenters. The van der Waals surface area contributed by atoms with Crippen LogP contribution in [0.1, 0.15) is 96.8 Å². The molecule has 2 heteroatoms. The maximum absolute atomic E-state index is 2.29. The van der Waals surface area contributed by atoms with Crippen molar-refractivity contribution in [2.24, 2.45) is 0 Å². The molecule has 0 amide bonds. The Hall–Kier alpha value is -3.91. The molecular weight excluding hydrogens is 565 g/mol. The van der Waals surface area contributed by atoms with E-state index in [9.17, 15) is 0 Å². The first-order valence-electron chi connectivity index (χ1n) is 18.7. The van der Waals surface area contributed by atoms with E-state index in [0.717, 1.165) is 0 Å². The van der Waals surface area contributed by atoms with Gasteiger partial charge in [-0.2, -0.15) is 21.9 Å². The predicted octanol–water partition coefficient (Wildman–Crippen LogP) is 9.52. The molecule has 0 bridgehead atoms. The average molecular weight is 624 g/mol. The molecule has 0 fully saturated rings. The third-order valence-corrected chi connectivity index (χ3v) is 9.75. The van der Waals surface area contributed by atoms with Crippen molar-refractivity contribution in [3.05, 3.63) is 152 Å². The zero-order chi connectivity index (χ0) is 32.7. The van der Waals surface area contributed by atoms with Gasteiger partial charge in [0.2, 0.25) is 0 Å². The number of hydrogen-bond acceptors (Lipinski definition) is 0. The maximum Gasteiger partial charge on any atom is 0.168 e. The van der Waals surface area contributed by atoms with Crippen molar-refractivity contribution in [1.29, 1.82) is 0 Å². The van der Waals surface area contributed by atoms with Crippen LogP contribution in [0.2, 0.25) is 0 Å². The lowest BCUT2D eigenvalue weighted by Gasteiger charge is -2.44. The van der Waals surface area contributed by atoms with Gasteiger partial charge < -0.3 is 0 Å². The predicted molar refractivity (Wildman–Crippen MR) is 207 cm³/mol. The van der Waals surface area contributed by atoms with Crippen molar-refractivity contribution < 1.29 is 4.57 Å². The van der Waals surface area contributed by atoms with E-state index in [2.05, 4.69) is 163 Å². The highest BCUT2D eigenvalue weighted by Crippen LogP contribution is 2.13. The molecule has 5 rings (SSSR count). The smallest absolute Gasteiger partial charge is 0.168 e. The summed E-state index contributed by atoms with van der Waals surface area (Å²) in [4.78, 5) is 0. The second-order valence-electron chi connectivity index (χ2n) is 13.2. The van der Waals surface area contributed by atoms with Gasteiger partial charge in [0.25, 0.3) is 0 Å². The van der Waals surface area contributed by atoms with Gasteiger partial charge in [-0.05, 0) is 6.42 Å². The first-order chi connectivity index (χ1) is 23.4. The van der Waals surface area contributed by atoms with E-state index in [1.807, 2.05) is 0 Å². The van der Waals surface area contributed by atoms with E-state index in [-0.39, 0.29) is 0 Å². The number of hydrogen-bond donors (Lipinski definition) is 0. The Labute approximate surface area is 287 Å². The van der Waals surface area contributed by atoms with Crippen LogP contribution in [0.15, 0.2) is 152 Å². The molecule has 4 aromatic carbocycles. The van der Waals surface area contributed by atoms with Gasteiger partial charge in [0, 0.05) is 18.6 Å². The first kappa shape index (κ1) is 35.9. The SMILES string of the molecule is CCCCCCCCCCCCCCCC[n+]1ccccc1.c1ccc([B-](c2ccccc2)(c2ccccc2)c2ccccc2)cc1. The van der Waals surface area contributed by atoms with E-state index in [0.29, 0.717) is 0 Å². The van der Waals surface area contributed by atoms with Gasteiger partial charge in [-0.25, -0.2) is 4.57 Å². The number of nitrogens with zero attached hydrogens (tertiary/aromatic N) is 1. The lowest BCUT2D eigenvalue weighted by molar-refractivity contribution is -0.697. The summed E-state index contributed by atoms with van der Waals surface area (Å²) in [6.07, 6.45) is 23.2. The van der Waals surface area contributed by atoms with Crippen LogP contribution in [-0.2, 0) is 6.54 Å². The van der Waals surface area contributed by atoms with E-state index in [4.69, 9.17) is 0 Å². The van der Waals surface area contributed by atoms with Gasteiger partial charge in [-0.15, -0.1) is 0 Å². The number of aromatic nitrogens is 1. The van der Waals surface area contributed by atoms with E-state index < -0.39 is 6.15 Å². The van der Waals surface area contributed by atoms with Gasteiger partial charge in [0.15, 0.2) is 12.4 Å². The zero-order valence-corrected chi connectivity index (χ0v) is 29.1. The molecule has 0 aliphatic heterocycles. The Morgan fingerprint density at radius 3 is 0.936 bits per heavy atom. The van der Waals surface area contributed by atoms with Gasteiger partial charge in [-0.1, -0.05) is 211 Å². The van der Waals surface area contributed by atoms with Gasteiger partial charge in [-0.3, -0.25) is 0 Å². The summed E-state index contributed by atoms with van der Waals surface area (Å²) in [5, 5.41) is 0. The van der Waals surface area contributed by atoms with Crippen molar-refractivity contribution in [3.8, 4) is 0 Å². The van der Waals surface area contributed by atoms with Crippen molar-refractivity contribution in [2.75, 3.05) is 0 Å². The van der Waals surface area contributed by atoms with Crippen molar-refractivity contribution in [3.63, 3.8) is 0 Å². The fraction of sp³-hybridized carbons (Fsp3) is 0.356. The van der Waals surface area contributed by atoms with Crippen molar-refractivity contribution in [1.82, 2.24) is 0 Å². The van der Waals surface area contributed by atoms with Gasteiger partial charge in [0.1, 0.15) is 12.7 Å². The monoisotopic (exact) mass is 623 g/mol. The largest absolute Gasteiger partial charge is 0.205 e. The van der Waals surface area contributed by atoms with E-state index in [1.54, 1.807) is 0 Å². The minimum atomic E-state index is -1.22. The fourth-order valence-electron chi connectivity index (χ4n) is 7.19. The molecule has 0 saturated heterocycles. The van der Waals surface area contributed by atoms with Crippen LogP contribution in [0, 0.1) is 0 Å². The van der Waals surface area contributed by atoms with E-state index >= 15 is 0 Å². The molecule has 0 aliphatic rings. The summed E-state index contributed by atoms with van der Waals surface area (Å²) in [5.74, 6) is 0. The minimum Gasteiger partial charge on any atom is -0.205 e. The lowest BCUT2D eigenvalue weighted by atomic mass is 9.13. The zero-order valence-electron chi connectivity index (χ0n) is 29.1. The molecule has 1 nitrogen and oxygen atoms in total. The Morgan fingerprint density at radius 2 is 0.617 bits per heavy atom. The Bertz CT molecular complexity index is 1280. The fourth-order valence-corrected chi connectivity index (χ4v) is 7.19. The summed E-state index contributed by atoms with van der Waals surface area (Å²) >= 11 is 0. The number of pyridine rings is 1. The number of rotatable bonds is 19. The summed E-state index contributed by atoms with van der Waals surface area (Å²) in [7, 11) is 0. The van der Waals surface area contributed by atoms with Crippen LogP contribution in [0.25, 0.3) is 0 Å². The van der Waals surface area contributed by atoms with Crippen LogP contribution >= 0.6 is 0 Å². The molecule has 0 unspecified atom stereocenters. The summed E-state index contributed by atoms with van der Waals surface area (Å²) < 4.78 is 2.29. The third-order valence-electron chi connectivity index (χ3n) is 9.75. The normalized spacial score (nSPS) is 11.1. The van der Waals surface area contributed by atoms with Crippen molar-refractivity contribution in [2.45, 2.75) is 103 Å². The molecule has 0 aliphatic carbocycles. The lowest BCUT2D eigenvalue weighted by Crippen LogP contribution is -2.74. The molecule has 47 heavy (non-hydrogen) atoms. The molecule has 0 radical (unpaired) electrons. The van der Waals surface area contributed by atoms with Crippen LogP contribution in [0.4, 0.5) is 0 Å². The number of unbranched alkanes of at least 4 members (excludes halogenated alkanes) is 13. The third kappa shape index (κ3) is 11.7. The Kier molecular flexibility index (Phi) is 16.7. The Balaban J connectivity index is 0.000000215. The molecule has 0 N–H and O–H groups in total. The standard InChI is InChI=1S/C24H20B.C21H38N/c1-5-13-21(14-6-1)25(22-15-7-2-8-16-22,23-17-9-3-10-18-23)24-19-11-4-12-20-24;1-2-3-4-5-6-7-8-9-10-11-12-13-14-16-19-22-20-17-15-18-21-22/h1-20H;15,17-18,20-21H,2-14,16,19H2,1H3/q-1;+1. The highest BCUT2D eigenvalue weighted by atomic mass is 14.9. The highest BCUT2D eigenvalue weighted by Gasteiger charge is 2.31. The molecule has 246 valence electrons. The number of aryl methyl sites for hydroxylation is 1. The second-order valence-corrected chi connectivity index (χ2v) is 13.2. The van der Waals surface area contributed by atoms with Crippen molar-refractivity contribution >= 4 is 28.0 Å². The summed E-state index contributed by atoms with van der Waals surface area (Å²) in [5.41, 5.74) is 5.36. The van der Waals surface area contributed by atoms with Crippen LogP contribution in [0.3, 0.4) is 0 Å². The van der Waals surface area contributed by atoms with E-state index in [1.165, 1.54) is 118 Å². The Morgan fingerprint density at radius 1 is 0.340 bits per heavy atom. The molecule has 5 aromatic rings. The topological polar surface area (TPSA) is 3.88 Å².